The molecule has 8 nitrogen and oxygen atoms in total. The number of nitrogens with one attached hydrogen (secondary N) is 1. The summed E-state index contributed by atoms with van der Waals surface area (Å²) in [7, 11) is 0. The van der Waals surface area contributed by atoms with E-state index in [2.05, 4.69) is 22.0 Å². The van der Waals surface area contributed by atoms with E-state index in [1.165, 1.54) is 6.07 Å². The van der Waals surface area contributed by atoms with Gasteiger partial charge in [-0.3, -0.25) is 20.1 Å². The minimum Gasteiger partial charge on any atom is -0.490 e. The summed E-state index contributed by atoms with van der Waals surface area (Å²) in [6, 6.07) is 3.30. The second-order valence-electron chi connectivity index (χ2n) is 6.09. The standard InChI is InChI=1S/C18H24N4O4/c1-4-21-8-7-14-13(11-21)17(20-19-14)12-9-15(22(23)24)18(26-6-3)16(10-12)25-5-2/h9-10H,4-8,11H2,1-3H3,(H,19,20). The summed E-state index contributed by atoms with van der Waals surface area (Å²) < 4.78 is 11.1. The van der Waals surface area contributed by atoms with E-state index in [9.17, 15) is 10.1 Å². The number of ether oxygens (including phenoxy) is 2. The molecule has 1 N–H and O–H groups in total. The Hall–Kier alpha value is -2.61. The van der Waals surface area contributed by atoms with Gasteiger partial charge in [0.2, 0.25) is 5.75 Å². The van der Waals surface area contributed by atoms with Gasteiger partial charge in [0.25, 0.3) is 0 Å². The summed E-state index contributed by atoms with van der Waals surface area (Å²) in [5.74, 6) is 0.543. The van der Waals surface area contributed by atoms with Crippen LogP contribution in [-0.4, -0.2) is 46.3 Å². The molecule has 1 aromatic heterocycles. The van der Waals surface area contributed by atoms with E-state index in [1.807, 2.05) is 6.92 Å². The van der Waals surface area contributed by atoms with Crippen LogP contribution in [0, 0.1) is 10.1 Å². The van der Waals surface area contributed by atoms with Crippen molar-refractivity contribution in [3.8, 4) is 22.8 Å². The van der Waals surface area contributed by atoms with Crippen LogP contribution in [0.4, 0.5) is 5.69 Å². The third-order valence-electron chi connectivity index (χ3n) is 4.55. The van der Waals surface area contributed by atoms with Gasteiger partial charge >= 0.3 is 5.69 Å². The second-order valence-corrected chi connectivity index (χ2v) is 6.09. The minimum atomic E-state index is -0.436. The molecule has 0 amide bonds. The number of hydrogen-bond acceptors (Lipinski definition) is 6. The fraction of sp³-hybridized carbons (Fsp3) is 0.500. The lowest BCUT2D eigenvalue weighted by Gasteiger charge is -2.25. The van der Waals surface area contributed by atoms with Crippen molar-refractivity contribution in [3.63, 3.8) is 0 Å². The zero-order valence-electron chi connectivity index (χ0n) is 15.4. The van der Waals surface area contributed by atoms with Crippen molar-refractivity contribution < 1.29 is 14.4 Å². The van der Waals surface area contributed by atoms with E-state index >= 15 is 0 Å². The molecule has 1 aliphatic heterocycles. The molecule has 2 aromatic rings. The molecule has 8 heteroatoms. The number of likely N-dealkylation sites (N-methyl/N-ethyl adjacent to an activating group) is 1. The number of benzene rings is 1. The van der Waals surface area contributed by atoms with E-state index in [-0.39, 0.29) is 11.4 Å². The monoisotopic (exact) mass is 360 g/mol. The number of nitro groups is 1. The summed E-state index contributed by atoms with van der Waals surface area (Å²) in [6.07, 6.45) is 0.896. The third-order valence-corrected chi connectivity index (χ3v) is 4.55. The number of nitrogens with zero attached hydrogens (tertiary/aromatic N) is 3. The minimum absolute atomic E-state index is 0.104. The molecule has 2 heterocycles. The highest BCUT2D eigenvalue weighted by Crippen LogP contribution is 2.42. The van der Waals surface area contributed by atoms with Crippen molar-refractivity contribution >= 4 is 5.69 Å². The highest BCUT2D eigenvalue weighted by atomic mass is 16.6. The lowest BCUT2D eigenvalue weighted by molar-refractivity contribution is -0.385. The first-order chi connectivity index (χ1) is 12.6. The first-order valence-electron chi connectivity index (χ1n) is 8.95. The molecule has 0 fully saturated rings. The average molecular weight is 360 g/mol. The van der Waals surface area contributed by atoms with Gasteiger partial charge in [0.15, 0.2) is 5.75 Å². The predicted molar refractivity (Wildman–Crippen MR) is 97.7 cm³/mol. The SMILES string of the molecule is CCOc1cc(-c2n[nH]c3c2CN(CC)CC3)cc([N+](=O)[O-])c1OCC. The lowest BCUT2D eigenvalue weighted by atomic mass is 10.00. The molecular formula is C18H24N4O4. The molecule has 0 spiro atoms. The number of hydrogen-bond donors (Lipinski definition) is 1. The summed E-state index contributed by atoms with van der Waals surface area (Å²) in [5, 5.41) is 19.1. The molecule has 0 saturated carbocycles. The quantitative estimate of drug-likeness (QED) is 0.602. The van der Waals surface area contributed by atoms with Crippen LogP contribution in [0.2, 0.25) is 0 Å². The fourth-order valence-electron chi connectivity index (χ4n) is 3.27. The van der Waals surface area contributed by atoms with Crippen molar-refractivity contribution in [3.05, 3.63) is 33.5 Å². The zero-order valence-corrected chi connectivity index (χ0v) is 15.4. The molecule has 26 heavy (non-hydrogen) atoms. The van der Waals surface area contributed by atoms with Gasteiger partial charge in [-0.25, -0.2) is 0 Å². The molecule has 0 saturated heterocycles. The van der Waals surface area contributed by atoms with E-state index in [0.29, 0.717) is 24.5 Å². The van der Waals surface area contributed by atoms with Crippen LogP contribution in [0.3, 0.4) is 0 Å². The average Bonchev–Trinajstić information content (AvgIpc) is 3.06. The Morgan fingerprint density at radius 2 is 2.04 bits per heavy atom. The van der Waals surface area contributed by atoms with Gasteiger partial charge in [0, 0.05) is 42.4 Å². The van der Waals surface area contributed by atoms with E-state index in [1.54, 1.807) is 13.0 Å². The maximum atomic E-state index is 11.6. The Labute approximate surface area is 152 Å². The first kappa shape index (κ1) is 18.2. The summed E-state index contributed by atoms with van der Waals surface area (Å²) in [5.41, 5.74) is 3.50. The van der Waals surface area contributed by atoms with Gasteiger partial charge < -0.3 is 9.47 Å². The molecule has 1 aliphatic rings. The summed E-state index contributed by atoms with van der Waals surface area (Å²) >= 11 is 0. The smallest absolute Gasteiger partial charge is 0.315 e. The van der Waals surface area contributed by atoms with Gasteiger partial charge in [-0.1, -0.05) is 6.92 Å². The number of H-pyrrole nitrogens is 1. The van der Waals surface area contributed by atoms with Crippen LogP contribution in [0.1, 0.15) is 32.0 Å². The topological polar surface area (TPSA) is 93.5 Å². The Bertz CT molecular complexity index is 803. The Morgan fingerprint density at radius 3 is 2.69 bits per heavy atom. The van der Waals surface area contributed by atoms with Crippen LogP contribution in [0.5, 0.6) is 11.5 Å². The first-order valence-corrected chi connectivity index (χ1v) is 8.95. The molecule has 0 bridgehead atoms. The van der Waals surface area contributed by atoms with Gasteiger partial charge in [0.05, 0.1) is 23.8 Å². The maximum Gasteiger partial charge on any atom is 0.315 e. The van der Waals surface area contributed by atoms with Gasteiger partial charge in [-0.05, 0) is 26.5 Å². The van der Waals surface area contributed by atoms with Crippen molar-refractivity contribution in [2.45, 2.75) is 33.7 Å². The highest BCUT2D eigenvalue weighted by Gasteiger charge is 2.27. The number of nitro benzene ring substituents is 1. The molecule has 0 aliphatic carbocycles. The normalized spacial score (nSPS) is 14.1. The Balaban J connectivity index is 2.11. The molecule has 140 valence electrons. The van der Waals surface area contributed by atoms with Crippen LogP contribution in [-0.2, 0) is 13.0 Å². The second kappa shape index (κ2) is 7.74. The van der Waals surface area contributed by atoms with Crippen LogP contribution in [0.15, 0.2) is 12.1 Å². The largest absolute Gasteiger partial charge is 0.490 e. The van der Waals surface area contributed by atoms with Gasteiger partial charge in [0.1, 0.15) is 0 Å². The molecular weight excluding hydrogens is 336 g/mol. The molecule has 1 aromatic carbocycles. The zero-order chi connectivity index (χ0) is 18.7. The molecule has 0 radical (unpaired) electrons. The van der Waals surface area contributed by atoms with Crippen molar-refractivity contribution in [2.75, 3.05) is 26.3 Å². The van der Waals surface area contributed by atoms with Gasteiger partial charge in [-0.2, -0.15) is 5.10 Å². The molecule has 0 unspecified atom stereocenters. The predicted octanol–water partition coefficient (Wildman–Crippen LogP) is 3.16. The summed E-state index contributed by atoms with van der Waals surface area (Å²) in [6.45, 7) is 9.19. The van der Waals surface area contributed by atoms with E-state index < -0.39 is 4.92 Å². The number of fused-ring (bicyclic) bond motifs is 1. The number of rotatable bonds is 7. The van der Waals surface area contributed by atoms with E-state index in [0.717, 1.165) is 43.0 Å². The Kier molecular flexibility index (Phi) is 5.41. The highest BCUT2D eigenvalue weighted by molar-refractivity contribution is 5.73. The van der Waals surface area contributed by atoms with Crippen molar-refractivity contribution in [1.29, 1.82) is 0 Å². The fourth-order valence-corrected chi connectivity index (χ4v) is 3.27. The van der Waals surface area contributed by atoms with E-state index in [4.69, 9.17) is 9.47 Å². The van der Waals surface area contributed by atoms with Crippen LogP contribution in [0.25, 0.3) is 11.3 Å². The lowest BCUT2D eigenvalue weighted by Crippen LogP contribution is -2.30. The third kappa shape index (κ3) is 3.37. The number of aromatic amines is 1. The van der Waals surface area contributed by atoms with Crippen LogP contribution < -0.4 is 9.47 Å². The molecule has 3 rings (SSSR count). The molecule has 0 atom stereocenters. The Morgan fingerprint density at radius 1 is 1.27 bits per heavy atom. The van der Waals surface area contributed by atoms with Gasteiger partial charge in [-0.15, -0.1) is 0 Å². The number of aromatic nitrogens is 2. The summed E-state index contributed by atoms with van der Waals surface area (Å²) in [4.78, 5) is 13.5. The maximum absolute atomic E-state index is 11.6. The van der Waals surface area contributed by atoms with Crippen LogP contribution >= 0.6 is 0 Å². The van der Waals surface area contributed by atoms with Crippen molar-refractivity contribution in [1.82, 2.24) is 15.1 Å². The van der Waals surface area contributed by atoms with Crippen molar-refractivity contribution in [2.24, 2.45) is 0 Å².